The first-order valence-corrected chi connectivity index (χ1v) is 16.4. The number of carbonyl (C=O) groups is 2. The van der Waals surface area contributed by atoms with E-state index in [4.69, 9.17) is 0 Å². The number of methoxy groups -OCH3 is 1. The Bertz CT molecular complexity index is 940. The second kappa shape index (κ2) is 12.0. The molecule has 0 aromatic heterocycles. The van der Waals surface area contributed by atoms with Crippen LogP contribution in [0.5, 0.6) is 0 Å². The highest BCUT2D eigenvalue weighted by atomic mass is 32.2. The molecule has 0 aromatic rings. The molecule has 38 heavy (non-hydrogen) atoms. The van der Waals surface area contributed by atoms with Crippen LogP contribution in [-0.4, -0.2) is 98.3 Å². The van der Waals surface area contributed by atoms with Crippen molar-refractivity contribution in [2.45, 2.75) is 88.5 Å². The Labute approximate surface area is 228 Å². The van der Waals surface area contributed by atoms with E-state index in [1.165, 1.54) is 7.11 Å². The summed E-state index contributed by atoms with van der Waals surface area (Å²) in [6.45, 7) is 6.98. The molecule has 4 saturated heterocycles. The molecule has 0 aromatic carbocycles. The highest BCUT2D eigenvalue weighted by Crippen LogP contribution is 2.39. The maximum atomic E-state index is 13.4. The number of rotatable bonds is 5. The maximum absolute atomic E-state index is 13.4. The van der Waals surface area contributed by atoms with Gasteiger partial charge >= 0.3 is 6.09 Å². The molecule has 5 rings (SSSR count). The van der Waals surface area contributed by atoms with Crippen molar-refractivity contribution >= 4 is 22.0 Å². The van der Waals surface area contributed by atoms with E-state index in [1.807, 2.05) is 0 Å². The molecule has 0 bridgehead atoms. The van der Waals surface area contributed by atoms with Crippen molar-refractivity contribution in [3.8, 4) is 0 Å². The Hall–Kier alpha value is -1.43. The lowest BCUT2D eigenvalue weighted by Gasteiger charge is -2.43. The Morgan fingerprint density at radius 2 is 1.53 bits per heavy atom. The summed E-state index contributed by atoms with van der Waals surface area (Å²) in [7, 11) is -1.98. The average molecular weight is 554 g/mol. The smallest absolute Gasteiger partial charge is 0.407 e. The number of ether oxygens (including phenoxy) is 1. The first-order valence-electron chi connectivity index (χ1n) is 14.9. The molecule has 4 heterocycles. The summed E-state index contributed by atoms with van der Waals surface area (Å²) < 4.78 is 33.2. The number of hydrogen-bond donors (Lipinski definition) is 2. The van der Waals surface area contributed by atoms with E-state index in [2.05, 4.69) is 32.3 Å². The summed E-state index contributed by atoms with van der Waals surface area (Å²) in [5, 5.41) is 4.77. The molecule has 3 unspecified atom stereocenters. The van der Waals surface area contributed by atoms with E-state index >= 15 is 0 Å². The third kappa shape index (κ3) is 6.00. The van der Waals surface area contributed by atoms with Crippen LogP contribution in [0, 0.1) is 23.7 Å². The Morgan fingerprint density at radius 1 is 0.868 bits per heavy atom. The molecule has 5 fully saturated rings. The van der Waals surface area contributed by atoms with Crippen LogP contribution in [0.15, 0.2) is 0 Å². The first kappa shape index (κ1) is 28.1. The van der Waals surface area contributed by atoms with E-state index < -0.39 is 16.1 Å². The lowest BCUT2D eigenvalue weighted by Crippen LogP contribution is -2.51. The molecule has 0 radical (unpaired) electrons. The van der Waals surface area contributed by atoms with Crippen LogP contribution < -0.4 is 10.7 Å². The van der Waals surface area contributed by atoms with Crippen molar-refractivity contribution in [2.75, 3.05) is 46.4 Å². The van der Waals surface area contributed by atoms with Crippen molar-refractivity contribution in [1.29, 1.82) is 0 Å². The zero-order chi connectivity index (χ0) is 26.9. The lowest BCUT2D eigenvalue weighted by molar-refractivity contribution is -0.137. The lowest BCUT2D eigenvalue weighted by atomic mass is 9.75. The Morgan fingerprint density at radius 3 is 2.18 bits per heavy atom. The number of carbonyl (C=O) groups excluding carboxylic acids is 2. The maximum Gasteiger partial charge on any atom is 0.407 e. The second-order valence-electron chi connectivity index (χ2n) is 12.4. The minimum absolute atomic E-state index is 0.00948. The summed E-state index contributed by atoms with van der Waals surface area (Å²) in [6.07, 6.45) is 8.21. The van der Waals surface area contributed by atoms with Crippen molar-refractivity contribution in [2.24, 2.45) is 23.7 Å². The van der Waals surface area contributed by atoms with Gasteiger partial charge in [0.25, 0.3) is 0 Å². The fourth-order valence-electron chi connectivity index (χ4n) is 7.64. The standard InChI is InChI=1S/C27H47N5O5S/c1-19-7-12-30(13-8-19)26(33)24-18-28-32-16-11-21(17-25(24)32)20-9-14-31(15-10-20)38(35,36)23-5-3-22(4-6-23)29-27(34)37-2/h19-25,28H,3-18H2,1-2H3,(H,29,34). The third-order valence-corrected chi connectivity index (χ3v) is 12.6. The van der Waals surface area contributed by atoms with Gasteiger partial charge in [0, 0.05) is 51.4 Å². The monoisotopic (exact) mass is 553 g/mol. The van der Waals surface area contributed by atoms with Crippen LogP contribution in [0.2, 0.25) is 0 Å². The summed E-state index contributed by atoms with van der Waals surface area (Å²) in [5.74, 6) is 2.16. The quantitative estimate of drug-likeness (QED) is 0.537. The summed E-state index contributed by atoms with van der Waals surface area (Å²) >= 11 is 0. The van der Waals surface area contributed by atoms with Gasteiger partial charge in [0.2, 0.25) is 15.9 Å². The summed E-state index contributed by atoms with van der Waals surface area (Å²) in [4.78, 5) is 27.0. The van der Waals surface area contributed by atoms with Gasteiger partial charge in [-0.15, -0.1) is 0 Å². The number of nitrogens with one attached hydrogen (secondary N) is 2. The van der Waals surface area contributed by atoms with Gasteiger partial charge in [-0.1, -0.05) is 6.92 Å². The summed E-state index contributed by atoms with van der Waals surface area (Å²) in [5.41, 5.74) is 3.51. The van der Waals surface area contributed by atoms with Crippen molar-refractivity contribution in [3.63, 3.8) is 0 Å². The molecular formula is C27H47N5O5S. The van der Waals surface area contributed by atoms with Crippen LogP contribution in [0.4, 0.5) is 4.79 Å². The van der Waals surface area contributed by atoms with Crippen molar-refractivity contribution in [1.82, 2.24) is 25.0 Å². The van der Waals surface area contributed by atoms with Crippen LogP contribution in [0.1, 0.15) is 71.1 Å². The largest absolute Gasteiger partial charge is 0.453 e. The van der Waals surface area contributed by atoms with Gasteiger partial charge in [0.1, 0.15) is 0 Å². The van der Waals surface area contributed by atoms with Crippen molar-refractivity contribution in [3.05, 3.63) is 0 Å². The van der Waals surface area contributed by atoms with Gasteiger partial charge in [-0.2, -0.15) is 0 Å². The van der Waals surface area contributed by atoms with E-state index in [1.54, 1.807) is 4.31 Å². The van der Waals surface area contributed by atoms with Crippen LogP contribution >= 0.6 is 0 Å². The molecule has 216 valence electrons. The van der Waals surface area contributed by atoms with Crippen LogP contribution in [-0.2, 0) is 19.6 Å². The molecule has 1 aliphatic carbocycles. The van der Waals surface area contributed by atoms with Crippen LogP contribution in [0.25, 0.3) is 0 Å². The zero-order valence-electron chi connectivity index (χ0n) is 23.1. The van der Waals surface area contributed by atoms with Crippen LogP contribution in [0.3, 0.4) is 0 Å². The van der Waals surface area contributed by atoms with E-state index in [-0.39, 0.29) is 23.3 Å². The van der Waals surface area contributed by atoms with Gasteiger partial charge in [-0.25, -0.2) is 22.5 Å². The number of fused-ring (bicyclic) bond motifs is 1. The summed E-state index contributed by atoms with van der Waals surface area (Å²) in [6, 6.07) is 0.251. The number of hydrogen-bond acceptors (Lipinski definition) is 7. The molecule has 0 spiro atoms. The average Bonchev–Trinajstić information content (AvgIpc) is 3.37. The molecule has 2 amide bonds. The number of piperidine rings is 3. The Kier molecular flexibility index (Phi) is 8.86. The predicted molar refractivity (Wildman–Crippen MR) is 144 cm³/mol. The normalized spacial score (nSPS) is 34.6. The second-order valence-corrected chi connectivity index (χ2v) is 14.6. The molecular weight excluding hydrogens is 506 g/mol. The van der Waals surface area contributed by atoms with Crippen molar-refractivity contribution < 1.29 is 22.7 Å². The van der Waals surface area contributed by atoms with Gasteiger partial charge < -0.3 is 15.0 Å². The molecule has 2 N–H and O–H groups in total. The minimum atomic E-state index is -3.33. The molecule has 1 saturated carbocycles. The van der Waals surface area contributed by atoms with E-state index in [0.29, 0.717) is 62.4 Å². The molecule has 4 aliphatic heterocycles. The van der Waals surface area contributed by atoms with Gasteiger partial charge in [0.05, 0.1) is 18.3 Å². The minimum Gasteiger partial charge on any atom is -0.453 e. The molecule has 5 aliphatic rings. The van der Waals surface area contributed by atoms with E-state index in [9.17, 15) is 18.0 Å². The first-order chi connectivity index (χ1) is 18.3. The number of sulfonamides is 1. The fraction of sp³-hybridized carbons (Fsp3) is 0.926. The highest BCUT2D eigenvalue weighted by Gasteiger charge is 2.46. The zero-order valence-corrected chi connectivity index (χ0v) is 24.0. The fourth-order valence-corrected chi connectivity index (χ4v) is 9.65. The molecule has 11 heteroatoms. The molecule has 3 atom stereocenters. The third-order valence-electron chi connectivity index (χ3n) is 10.2. The van der Waals surface area contributed by atoms with E-state index in [0.717, 1.165) is 64.7 Å². The predicted octanol–water partition coefficient (Wildman–Crippen LogP) is 2.17. The topological polar surface area (TPSA) is 111 Å². The Balaban J connectivity index is 1.11. The van der Waals surface area contributed by atoms with Gasteiger partial charge in [0.15, 0.2) is 0 Å². The van der Waals surface area contributed by atoms with Gasteiger partial charge in [-0.05, 0) is 82.0 Å². The number of amides is 2. The number of hydrazine groups is 1. The number of likely N-dealkylation sites (tertiary alicyclic amines) is 1. The number of alkyl carbamates (subject to hydrolysis) is 1. The SMILES string of the molecule is COC(=O)NC1CCC(S(=O)(=O)N2CCC(C3CCN4NCC(C(=O)N5CCC(C)CC5)C4C3)CC2)CC1. The van der Waals surface area contributed by atoms with Gasteiger partial charge in [-0.3, -0.25) is 10.2 Å². The molecule has 10 nitrogen and oxygen atoms in total. The number of nitrogens with zero attached hydrogens (tertiary/aromatic N) is 3. The highest BCUT2D eigenvalue weighted by molar-refractivity contribution is 7.89.